The highest BCUT2D eigenvalue weighted by Crippen LogP contribution is 2.48. The molecule has 1 unspecified atom stereocenters. The summed E-state index contributed by atoms with van der Waals surface area (Å²) in [6.07, 6.45) is 6.03. The molecule has 1 atom stereocenters. The number of carbonyl (C=O) groups excluding carboxylic acids is 2. The molecule has 1 aliphatic carbocycles. The fourth-order valence-corrected chi connectivity index (χ4v) is 7.60. The molecule has 256 valence electrons. The Balaban J connectivity index is 0.000000220. The van der Waals surface area contributed by atoms with Gasteiger partial charge in [0.15, 0.2) is 6.29 Å². The monoisotopic (exact) mass is 718 g/mol. The third-order valence-electron chi connectivity index (χ3n) is 8.89. The number of rotatable bonds is 12. The van der Waals surface area contributed by atoms with Crippen LogP contribution in [0, 0.1) is 23.7 Å². The predicted molar refractivity (Wildman–Crippen MR) is 185 cm³/mol. The summed E-state index contributed by atoms with van der Waals surface area (Å²) in [5.74, 6) is -2.35. The number of aromatic nitrogens is 1. The number of hydrogen-bond donors (Lipinski definition) is 1. The molecular formula is C35H38Cl2F2N4O4S. The zero-order chi connectivity index (χ0) is 35.4. The molecule has 0 saturated heterocycles. The molecule has 0 radical (unpaired) electrons. The van der Waals surface area contributed by atoms with Gasteiger partial charge in [-0.25, -0.2) is 8.78 Å². The van der Waals surface area contributed by atoms with Crippen LogP contribution < -0.4 is 15.2 Å². The van der Waals surface area contributed by atoms with Gasteiger partial charge in [-0.2, -0.15) is 5.26 Å². The second-order valence-electron chi connectivity index (χ2n) is 12.4. The topological polar surface area (TPSA) is 106 Å². The van der Waals surface area contributed by atoms with Crippen molar-refractivity contribution in [1.82, 2.24) is 9.88 Å². The van der Waals surface area contributed by atoms with E-state index < -0.39 is 17.2 Å². The Hall–Kier alpha value is -3.43. The quantitative estimate of drug-likeness (QED) is 0.186. The highest BCUT2D eigenvalue weighted by atomic mass is 35.5. The maximum atomic E-state index is 13.4. The summed E-state index contributed by atoms with van der Waals surface area (Å²) >= 11 is 12.9. The molecule has 1 aromatic heterocycles. The van der Waals surface area contributed by atoms with Crippen molar-refractivity contribution in [3.63, 3.8) is 0 Å². The van der Waals surface area contributed by atoms with E-state index in [1.165, 1.54) is 11.1 Å². The smallest absolute Gasteiger partial charge is 0.284 e. The van der Waals surface area contributed by atoms with E-state index in [1.807, 2.05) is 4.98 Å². The van der Waals surface area contributed by atoms with Gasteiger partial charge >= 0.3 is 0 Å². The van der Waals surface area contributed by atoms with Crippen molar-refractivity contribution in [3.8, 4) is 11.8 Å². The third kappa shape index (κ3) is 8.23. The summed E-state index contributed by atoms with van der Waals surface area (Å²) in [4.78, 5) is 41.0. The van der Waals surface area contributed by atoms with E-state index in [0.717, 1.165) is 79.9 Å². The van der Waals surface area contributed by atoms with Crippen LogP contribution in [0.2, 0.25) is 10.0 Å². The maximum Gasteiger partial charge on any atom is 0.284 e. The summed E-state index contributed by atoms with van der Waals surface area (Å²) in [6, 6.07) is 10.5. The minimum atomic E-state index is -3.25. The Morgan fingerprint density at radius 3 is 2.46 bits per heavy atom. The molecular weight excluding hydrogens is 681 g/mol. The van der Waals surface area contributed by atoms with Crippen LogP contribution in [-0.4, -0.2) is 50.2 Å². The van der Waals surface area contributed by atoms with Crippen LogP contribution in [0.1, 0.15) is 77.8 Å². The number of aldehydes is 2. The van der Waals surface area contributed by atoms with Crippen LogP contribution in [0.25, 0.3) is 0 Å². The Kier molecular flexibility index (Phi) is 12.0. The summed E-state index contributed by atoms with van der Waals surface area (Å²) in [5.41, 5.74) is 3.03. The fourth-order valence-electron chi connectivity index (χ4n) is 5.99. The van der Waals surface area contributed by atoms with Crippen molar-refractivity contribution in [1.29, 1.82) is 5.26 Å². The van der Waals surface area contributed by atoms with Crippen molar-refractivity contribution < 1.29 is 23.1 Å². The zero-order valence-corrected chi connectivity index (χ0v) is 29.8. The number of pyridine rings is 1. The number of ether oxygens (including phenoxy) is 1. The Morgan fingerprint density at radius 2 is 1.92 bits per heavy atom. The number of carbonyl (C=O) groups is 2. The van der Waals surface area contributed by atoms with E-state index >= 15 is 0 Å². The van der Waals surface area contributed by atoms with Crippen molar-refractivity contribution in [2.24, 2.45) is 5.41 Å². The summed E-state index contributed by atoms with van der Waals surface area (Å²) in [7, 11) is 5.89. The molecule has 48 heavy (non-hydrogen) atoms. The van der Waals surface area contributed by atoms with E-state index in [9.17, 15) is 28.4 Å². The molecule has 5 rings (SSSR count). The van der Waals surface area contributed by atoms with Gasteiger partial charge < -0.3 is 19.4 Å². The molecule has 1 N–H and O–H groups in total. The maximum absolute atomic E-state index is 13.4. The van der Waals surface area contributed by atoms with Crippen molar-refractivity contribution in [2.75, 3.05) is 32.6 Å². The van der Waals surface area contributed by atoms with Gasteiger partial charge in [0.1, 0.15) is 12.0 Å². The van der Waals surface area contributed by atoms with E-state index in [1.54, 1.807) is 25.3 Å². The SMILES string of the molecule is CC(F)(F)c1cc(Sc2c(Cl)cccc2Cl)c(C=O)c(=O)[nH]1.COc1c(N(C)CCCC2(C=O)CC2)cc2c(c1C)C(CC#N)N(C)C2. The number of H-pyrrole nitrogens is 1. The number of alkyl halides is 2. The molecule has 2 heterocycles. The standard InChI is InChI=1S/C21H29N3O2.C14H9Cl2F2NO2S/c1-15-19-16(13-24(3)17(19)6-10-22)12-18(20(15)26-4)23(2)11-5-7-21(14-25)8-9-21;1-14(17,18)11-5-10(7(6-20)13(21)19-11)22-12-8(15)3-2-4-9(12)16/h12,14,17H,5-9,11,13H2,1-4H3;2-6H,1H3,(H,19,21). The highest BCUT2D eigenvalue weighted by molar-refractivity contribution is 7.99. The average Bonchev–Trinajstić information content (AvgIpc) is 3.74. The summed E-state index contributed by atoms with van der Waals surface area (Å²) in [5, 5.41) is 9.76. The van der Waals surface area contributed by atoms with Crippen LogP contribution in [0.4, 0.5) is 14.5 Å². The molecule has 1 aliphatic heterocycles. The Morgan fingerprint density at radius 1 is 1.25 bits per heavy atom. The second kappa shape index (κ2) is 15.4. The molecule has 8 nitrogen and oxygen atoms in total. The number of fused-ring (bicyclic) bond motifs is 1. The first kappa shape index (κ1) is 37.4. The summed E-state index contributed by atoms with van der Waals surface area (Å²) in [6.45, 7) is 4.52. The lowest BCUT2D eigenvalue weighted by molar-refractivity contribution is -0.112. The van der Waals surface area contributed by atoms with Crippen LogP contribution in [0.3, 0.4) is 0 Å². The molecule has 1 saturated carbocycles. The van der Waals surface area contributed by atoms with E-state index in [0.29, 0.717) is 34.6 Å². The number of aromatic amines is 1. The van der Waals surface area contributed by atoms with Crippen molar-refractivity contribution in [2.45, 2.75) is 74.3 Å². The average molecular weight is 720 g/mol. The first-order chi connectivity index (χ1) is 22.7. The van der Waals surface area contributed by atoms with Crippen LogP contribution >= 0.6 is 35.0 Å². The number of nitrogens with one attached hydrogen (secondary N) is 1. The molecule has 2 aromatic carbocycles. The van der Waals surface area contributed by atoms with Gasteiger partial charge in [0.05, 0.1) is 46.6 Å². The Bertz CT molecular complexity index is 1770. The summed E-state index contributed by atoms with van der Waals surface area (Å²) < 4.78 is 32.6. The zero-order valence-electron chi connectivity index (χ0n) is 27.5. The lowest BCUT2D eigenvalue weighted by atomic mass is 9.95. The minimum absolute atomic E-state index is 0.0218. The predicted octanol–water partition coefficient (Wildman–Crippen LogP) is 8.36. The Labute approximate surface area is 293 Å². The normalized spacial score (nSPS) is 16.3. The first-order valence-electron chi connectivity index (χ1n) is 15.4. The third-order valence-corrected chi connectivity index (χ3v) is 10.9. The number of nitriles is 1. The van der Waals surface area contributed by atoms with Gasteiger partial charge in [0.25, 0.3) is 11.5 Å². The molecule has 0 spiro atoms. The number of nitrogens with zero attached hydrogens (tertiary/aromatic N) is 3. The van der Waals surface area contributed by atoms with E-state index in [2.05, 4.69) is 43.0 Å². The largest absolute Gasteiger partial charge is 0.494 e. The first-order valence-corrected chi connectivity index (χ1v) is 16.9. The number of methoxy groups -OCH3 is 1. The molecule has 0 bridgehead atoms. The van der Waals surface area contributed by atoms with Gasteiger partial charge in [-0.1, -0.05) is 41.0 Å². The van der Waals surface area contributed by atoms with Gasteiger partial charge in [-0.3, -0.25) is 14.5 Å². The van der Waals surface area contributed by atoms with Gasteiger partial charge in [-0.15, -0.1) is 0 Å². The van der Waals surface area contributed by atoms with Crippen LogP contribution in [0.15, 0.2) is 44.9 Å². The number of benzene rings is 2. The van der Waals surface area contributed by atoms with E-state index in [4.69, 9.17) is 27.9 Å². The van der Waals surface area contributed by atoms with Gasteiger partial charge in [0.2, 0.25) is 0 Å². The fraction of sp³-hybridized carbons (Fsp3) is 0.429. The van der Waals surface area contributed by atoms with Crippen molar-refractivity contribution in [3.05, 3.63) is 78.7 Å². The van der Waals surface area contributed by atoms with Gasteiger partial charge in [-0.05, 0) is 80.6 Å². The number of halogens is 4. The number of anilines is 1. The molecule has 3 aromatic rings. The minimum Gasteiger partial charge on any atom is -0.494 e. The molecule has 1 fully saturated rings. The molecule has 13 heteroatoms. The lowest BCUT2D eigenvalue weighted by Crippen LogP contribution is -2.21. The second-order valence-corrected chi connectivity index (χ2v) is 14.2. The lowest BCUT2D eigenvalue weighted by Gasteiger charge is -2.26. The molecule has 0 amide bonds. The highest BCUT2D eigenvalue weighted by Gasteiger charge is 2.41. The van der Waals surface area contributed by atoms with Crippen LogP contribution in [0.5, 0.6) is 5.75 Å². The van der Waals surface area contributed by atoms with Crippen LogP contribution in [-0.2, 0) is 17.3 Å². The van der Waals surface area contributed by atoms with E-state index in [-0.39, 0.29) is 21.9 Å². The van der Waals surface area contributed by atoms with Gasteiger partial charge in [0, 0.05) is 48.3 Å². The van der Waals surface area contributed by atoms with Crippen molar-refractivity contribution >= 4 is 53.2 Å². The number of hydrogen-bond acceptors (Lipinski definition) is 8. The molecule has 2 aliphatic rings.